The first-order valence-electron chi connectivity index (χ1n) is 8.34. The molecule has 0 aliphatic rings. The number of nitrogens with one attached hydrogen (secondary N) is 1. The van der Waals surface area contributed by atoms with E-state index >= 15 is 0 Å². The van der Waals surface area contributed by atoms with Gasteiger partial charge in [-0.3, -0.25) is 14.4 Å². The fourth-order valence-electron chi connectivity index (χ4n) is 2.23. The van der Waals surface area contributed by atoms with E-state index in [1.807, 2.05) is 31.2 Å². The fourth-order valence-corrected chi connectivity index (χ4v) is 2.41. The molecule has 2 amide bonds. The van der Waals surface area contributed by atoms with Crippen LogP contribution in [0, 0.1) is 6.92 Å². The van der Waals surface area contributed by atoms with Gasteiger partial charge in [-0.05, 0) is 24.6 Å². The third-order valence-electron chi connectivity index (χ3n) is 3.78. The van der Waals surface area contributed by atoms with Gasteiger partial charge in [-0.25, -0.2) is 0 Å². The molecule has 0 aliphatic heterocycles. The molecular formula is C20H21ClN2O4. The number of nitrogens with zero attached hydrogens (tertiary/aromatic N) is 1. The van der Waals surface area contributed by atoms with Crippen LogP contribution in [0.25, 0.3) is 0 Å². The van der Waals surface area contributed by atoms with Crippen molar-refractivity contribution in [2.45, 2.75) is 13.3 Å². The molecule has 0 spiro atoms. The fraction of sp³-hybridized carbons (Fsp3) is 0.250. The number of ether oxygens (including phenoxy) is 1. The predicted molar refractivity (Wildman–Crippen MR) is 104 cm³/mol. The van der Waals surface area contributed by atoms with E-state index in [0.29, 0.717) is 10.7 Å². The summed E-state index contributed by atoms with van der Waals surface area (Å²) in [7, 11) is 1.46. The van der Waals surface area contributed by atoms with Crippen LogP contribution in [0.15, 0.2) is 48.5 Å². The lowest BCUT2D eigenvalue weighted by Crippen LogP contribution is -2.37. The van der Waals surface area contributed by atoms with Gasteiger partial charge in [0.25, 0.3) is 5.91 Å². The van der Waals surface area contributed by atoms with Crippen LogP contribution in [0.2, 0.25) is 5.02 Å². The van der Waals surface area contributed by atoms with Crippen LogP contribution < -0.4 is 5.32 Å². The van der Waals surface area contributed by atoms with Crippen molar-refractivity contribution in [2.75, 3.05) is 25.5 Å². The van der Waals surface area contributed by atoms with Crippen LogP contribution >= 0.6 is 11.6 Å². The molecule has 0 saturated carbocycles. The van der Waals surface area contributed by atoms with Crippen LogP contribution in [-0.4, -0.2) is 42.9 Å². The van der Waals surface area contributed by atoms with Crippen molar-refractivity contribution in [1.29, 1.82) is 0 Å². The predicted octanol–water partition coefficient (Wildman–Crippen LogP) is 2.83. The van der Waals surface area contributed by atoms with Gasteiger partial charge in [0, 0.05) is 7.05 Å². The number of amides is 2. The van der Waals surface area contributed by atoms with Gasteiger partial charge in [-0.15, -0.1) is 0 Å². The number of benzene rings is 2. The third kappa shape index (κ3) is 6.75. The average Bonchev–Trinajstić information content (AvgIpc) is 2.63. The van der Waals surface area contributed by atoms with Crippen molar-refractivity contribution in [3.63, 3.8) is 0 Å². The van der Waals surface area contributed by atoms with Crippen LogP contribution in [0.3, 0.4) is 0 Å². The Hall–Kier alpha value is -2.86. The Morgan fingerprint density at radius 1 is 1.07 bits per heavy atom. The number of aryl methyl sites for hydroxylation is 1. The monoisotopic (exact) mass is 388 g/mol. The van der Waals surface area contributed by atoms with Crippen molar-refractivity contribution < 1.29 is 19.1 Å². The minimum absolute atomic E-state index is 0.0876. The number of hydrogen-bond acceptors (Lipinski definition) is 4. The van der Waals surface area contributed by atoms with Gasteiger partial charge in [-0.2, -0.15) is 0 Å². The number of halogens is 1. The van der Waals surface area contributed by atoms with Gasteiger partial charge in [0.1, 0.15) is 0 Å². The van der Waals surface area contributed by atoms with Gasteiger partial charge in [0.05, 0.1) is 23.7 Å². The zero-order valence-electron chi connectivity index (χ0n) is 15.2. The second kappa shape index (κ2) is 9.73. The summed E-state index contributed by atoms with van der Waals surface area (Å²) in [5.74, 6) is -1.37. The highest BCUT2D eigenvalue weighted by molar-refractivity contribution is 6.33. The first-order chi connectivity index (χ1) is 12.8. The zero-order valence-corrected chi connectivity index (χ0v) is 16.0. The number of likely N-dealkylation sites (N-methyl/N-ethyl adjacent to an activating group) is 1. The summed E-state index contributed by atoms with van der Waals surface area (Å²) in [6.07, 6.45) is 0.0876. The van der Waals surface area contributed by atoms with Gasteiger partial charge >= 0.3 is 5.97 Å². The Morgan fingerprint density at radius 2 is 1.74 bits per heavy atom. The lowest BCUT2D eigenvalue weighted by atomic mass is 10.1. The molecular weight excluding hydrogens is 368 g/mol. The smallest absolute Gasteiger partial charge is 0.310 e. The summed E-state index contributed by atoms with van der Waals surface area (Å²) in [6.45, 7) is 1.36. The molecule has 7 heteroatoms. The maximum atomic E-state index is 12.0. The van der Waals surface area contributed by atoms with Gasteiger partial charge in [-0.1, -0.05) is 53.6 Å². The number of esters is 1. The van der Waals surface area contributed by atoms with Gasteiger partial charge < -0.3 is 15.0 Å². The number of carbonyl (C=O) groups is 3. The second-order valence-electron chi connectivity index (χ2n) is 6.10. The summed E-state index contributed by atoms with van der Waals surface area (Å²) >= 11 is 5.97. The van der Waals surface area contributed by atoms with Crippen LogP contribution in [0.4, 0.5) is 5.69 Å². The molecule has 0 aliphatic carbocycles. The highest BCUT2D eigenvalue weighted by Gasteiger charge is 2.16. The van der Waals surface area contributed by atoms with Crippen LogP contribution in [-0.2, 0) is 25.5 Å². The SMILES string of the molecule is Cc1ccc(CC(=O)OCC(=O)N(C)CC(=O)Nc2ccccc2Cl)cc1. The quantitative estimate of drug-likeness (QED) is 0.740. The molecule has 27 heavy (non-hydrogen) atoms. The molecule has 0 radical (unpaired) electrons. The molecule has 1 N–H and O–H groups in total. The number of hydrogen-bond donors (Lipinski definition) is 1. The topological polar surface area (TPSA) is 75.7 Å². The average molecular weight is 389 g/mol. The summed E-state index contributed by atoms with van der Waals surface area (Å²) in [5.41, 5.74) is 2.37. The van der Waals surface area contributed by atoms with Gasteiger partial charge in [0.15, 0.2) is 6.61 Å². The van der Waals surface area contributed by atoms with E-state index in [-0.39, 0.29) is 13.0 Å². The number of rotatable bonds is 7. The van der Waals surface area contributed by atoms with Crippen LogP contribution in [0.5, 0.6) is 0 Å². The Balaban J connectivity index is 1.76. The zero-order chi connectivity index (χ0) is 19.8. The highest BCUT2D eigenvalue weighted by Crippen LogP contribution is 2.20. The Morgan fingerprint density at radius 3 is 2.41 bits per heavy atom. The Labute approximate surface area is 163 Å². The van der Waals surface area contributed by atoms with E-state index < -0.39 is 24.4 Å². The lowest BCUT2D eigenvalue weighted by molar-refractivity contribution is -0.151. The lowest BCUT2D eigenvalue weighted by Gasteiger charge is -2.17. The van der Waals surface area contributed by atoms with Crippen molar-refractivity contribution in [3.8, 4) is 0 Å². The van der Waals surface area contributed by atoms with Crippen molar-refractivity contribution in [1.82, 2.24) is 4.90 Å². The standard InChI is InChI=1S/C20H21ClN2O4/c1-14-7-9-15(10-8-14)11-20(26)27-13-19(25)23(2)12-18(24)22-17-6-4-3-5-16(17)21/h3-10H,11-13H2,1-2H3,(H,22,24). The third-order valence-corrected chi connectivity index (χ3v) is 4.11. The van der Waals surface area contributed by atoms with E-state index in [9.17, 15) is 14.4 Å². The summed E-state index contributed by atoms with van der Waals surface area (Å²) in [6, 6.07) is 14.3. The maximum Gasteiger partial charge on any atom is 0.310 e. The van der Waals surface area contributed by atoms with E-state index in [0.717, 1.165) is 11.1 Å². The molecule has 0 atom stereocenters. The molecule has 0 fully saturated rings. The van der Waals surface area contributed by atoms with Crippen molar-refractivity contribution in [3.05, 3.63) is 64.7 Å². The highest BCUT2D eigenvalue weighted by atomic mass is 35.5. The molecule has 142 valence electrons. The maximum absolute atomic E-state index is 12.0. The van der Waals surface area contributed by atoms with Crippen LogP contribution in [0.1, 0.15) is 11.1 Å². The summed E-state index contributed by atoms with van der Waals surface area (Å²) in [5, 5.41) is 3.03. The number of anilines is 1. The largest absolute Gasteiger partial charge is 0.455 e. The molecule has 0 unspecified atom stereocenters. The molecule has 0 saturated heterocycles. The molecule has 6 nitrogen and oxygen atoms in total. The van der Waals surface area contributed by atoms with E-state index in [1.165, 1.54) is 11.9 Å². The van der Waals surface area contributed by atoms with Gasteiger partial charge in [0.2, 0.25) is 5.91 Å². The summed E-state index contributed by atoms with van der Waals surface area (Å²) in [4.78, 5) is 37.1. The molecule has 2 aromatic carbocycles. The Kier molecular flexibility index (Phi) is 7.37. The molecule has 0 heterocycles. The minimum atomic E-state index is -0.499. The molecule has 2 rings (SSSR count). The van der Waals surface area contributed by atoms with E-state index in [2.05, 4.69) is 5.32 Å². The Bertz CT molecular complexity index is 821. The van der Waals surface area contributed by atoms with Crippen molar-refractivity contribution in [2.24, 2.45) is 0 Å². The molecule has 0 bridgehead atoms. The summed E-state index contributed by atoms with van der Waals surface area (Å²) < 4.78 is 5.00. The number of para-hydroxylation sites is 1. The first kappa shape index (κ1) is 20.5. The van der Waals surface area contributed by atoms with Crippen molar-refractivity contribution >= 4 is 35.1 Å². The molecule has 2 aromatic rings. The van der Waals surface area contributed by atoms with E-state index in [1.54, 1.807) is 24.3 Å². The normalized spacial score (nSPS) is 10.2. The van der Waals surface area contributed by atoms with E-state index in [4.69, 9.17) is 16.3 Å². The first-order valence-corrected chi connectivity index (χ1v) is 8.72. The second-order valence-corrected chi connectivity index (χ2v) is 6.51. The minimum Gasteiger partial charge on any atom is -0.455 e. The molecule has 0 aromatic heterocycles. The number of carbonyl (C=O) groups excluding carboxylic acids is 3.